The number of aromatic nitrogens is 1. The zero-order valence-corrected chi connectivity index (χ0v) is 12.0. The highest BCUT2D eigenvalue weighted by atomic mass is 16.5. The van der Waals surface area contributed by atoms with Crippen LogP contribution in [0.1, 0.15) is 5.56 Å². The van der Waals surface area contributed by atoms with Crippen LogP contribution < -0.4 is 10.1 Å². The molecule has 0 fully saturated rings. The molecule has 0 radical (unpaired) electrons. The molecule has 3 rings (SSSR count). The van der Waals surface area contributed by atoms with Crippen molar-refractivity contribution in [1.29, 1.82) is 0 Å². The minimum absolute atomic E-state index is 0.0253. The number of fused-ring (bicyclic) bond motifs is 1. The summed E-state index contributed by atoms with van der Waals surface area (Å²) in [6, 6.07) is 19.3. The number of para-hydroxylation sites is 1. The quantitative estimate of drug-likeness (QED) is 0.786. The molecule has 4 nitrogen and oxygen atoms in total. The standard InChI is InChI=1S/C18H16N2O2/c21-17(20-12-14-6-2-1-3-7-14)13-22-16-10-4-8-15-9-5-11-19-18(15)16/h1-11H,12-13H2,(H,20,21). The number of carbonyl (C=O) groups excluding carboxylic acids is 1. The molecule has 0 aliphatic heterocycles. The lowest BCUT2D eigenvalue weighted by Crippen LogP contribution is -2.28. The van der Waals surface area contributed by atoms with E-state index in [0.717, 1.165) is 16.5 Å². The molecule has 0 aliphatic rings. The summed E-state index contributed by atoms with van der Waals surface area (Å²) in [6.07, 6.45) is 1.71. The number of carbonyl (C=O) groups is 1. The minimum Gasteiger partial charge on any atom is -0.481 e. The Morgan fingerprint density at radius 3 is 2.68 bits per heavy atom. The van der Waals surface area contributed by atoms with Crippen molar-refractivity contribution in [3.63, 3.8) is 0 Å². The van der Waals surface area contributed by atoms with Crippen LogP contribution in [0.2, 0.25) is 0 Å². The summed E-state index contributed by atoms with van der Waals surface area (Å²) >= 11 is 0. The summed E-state index contributed by atoms with van der Waals surface area (Å²) in [5.41, 5.74) is 1.82. The van der Waals surface area contributed by atoms with E-state index in [2.05, 4.69) is 10.3 Å². The van der Waals surface area contributed by atoms with Crippen molar-refractivity contribution in [2.24, 2.45) is 0 Å². The molecule has 4 heteroatoms. The molecule has 1 N–H and O–H groups in total. The Morgan fingerprint density at radius 1 is 1.00 bits per heavy atom. The van der Waals surface area contributed by atoms with Gasteiger partial charge in [0.15, 0.2) is 6.61 Å². The van der Waals surface area contributed by atoms with Crippen LogP contribution >= 0.6 is 0 Å². The molecular weight excluding hydrogens is 276 g/mol. The van der Waals surface area contributed by atoms with Gasteiger partial charge in [-0.1, -0.05) is 48.5 Å². The third-order valence-electron chi connectivity index (χ3n) is 3.29. The summed E-state index contributed by atoms with van der Waals surface area (Å²) in [5.74, 6) is 0.463. The van der Waals surface area contributed by atoms with Crippen LogP contribution in [-0.2, 0) is 11.3 Å². The molecule has 0 bridgehead atoms. The predicted molar refractivity (Wildman–Crippen MR) is 85.5 cm³/mol. The average Bonchev–Trinajstić information content (AvgIpc) is 2.59. The second-order valence-electron chi connectivity index (χ2n) is 4.88. The van der Waals surface area contributed by atoms with E-state index in [-0.39, 0.29) is 12.5 Å². The predicted octanol–water partition coefficient (Wildman–Crippen LogP) is 2.93. The van der Waals surface area contributed by atoms with Crippen LogP contribution in [0.4, 0.5) is 0 Å². The summed E-state index contributed by atoms with van der Waals surface area (Å²) in [7, 11) is 0. The van der Waals surface area contributed by atoms with Crippen LogP contribution in [0.25, 0.3) is 10.9 Å². The molecule has 0 spiro atoms. The van der Waals surface area contributed by atoms with Crippen LogP contribution in [0, 0.1) is 0 Å². The third-order valence-corrected chi connectivity index (χ3v) is 3.29. The van der Waals surface area contributed by atoms with Gasteiger partial charge in [-0.2, -0.15) is 0 Å². The number of ether oxygens (including phenoxy) is 1. The number of nitrogens with one attached hydrogen (secondary N) is 1. The zero-order chi connectivity index (χ0) is 15.2. The van der Waals surface area contributed by atoms with Crippen LogP contribution in [0.15, 0.2) is 66.9 Å². The van der Waals surface area contributed by atoms with Gasteiger partial charge in [0, 0.05) is 18.1 Å². The molecule has 0 unspecified atom stereocenters. The molecule has 0 aliphatic carbocycles. The first-order chi connectivity index (χ1) is 10.8. The second kappa shape index (κ2) is 6.72. The number of nitrogens with zero attached hydrogens (tertiary/aromatic N) is 1. The van der Waals surface area contributed by atoms with Gasteiger partial charge in [-0.25, -0.2) is 0 Å². The van der Waals surface area contributed by atoms with Gasteiger partial charge in [0.2, 0.25) is 0 Å². The van der Waals surface area contributed by atoms with Crippen molar-refractivity contribution in [3.05, 3.63) is 72.4 Å². The molecule has 3 aromatic rings. The lowest BCUT2D eigenvalue weighted by atomic mass is 10.2. The molecule has 0 atom stereocenters. The molecule has 0 saturated heterocycles. The number of rotatable bonds is 5. The largest absolute Gasteiger partial charge is 0.481 e. The van der Waals surface area contributed by atoms with Gasteiger partial charge in [-0.3, -0.25) is 9.78 Å². The van der Waals surface area contributed by atoms with Crippen LogP contribution in [-0.4, -0.2) is 17.5 Å². The number of benzene rings is 2. The highest BCUT2D eigenvalue weighted by Gasteiger charge is 2.06. The van der Waals surface area contributed by atoms with Crippen molar-refractivity contribution in [3.8, 4) is 5.75 Å². The maximum Gasteiger partial charge on any atom is 0.258 e. The Hall–Kier alpha value is -2.88. The first kappa shape index (κ1) is 14.1. The van der Waals surface area contributed by atoms with Gasteiger partial charge >= 0.3 is 0 Å². The molecule has 1 heterocycles. The number of hydrogen-bond donors (Lipinski definition) is 1. The Balaban J connectivity index is 1.58. The van der Waals surface area contributed by atoms with E-state index in [9.17, 15) is 4.79 Å². The van der Waals surface area contributed by atoms with E-state index in [1.165, 1.54) is 0 Å². The van der Waals surface area contributed by atoms with Crippen LogP contribution in [0.5, 0.6) is 5.75 Å². The Morgan fingerprint density at radius 2 is 1.82 bits per heavy atom. The first-order valence-electron chi connectivity index (χ1n) is 7.10. The molecule has 1 aromatic heterocycles. The SMILES string of the molecule is O=C(COc1cccc2cccnc12)NCc1ccccc1. The summed E-state index contributed by atoms with van der Waals surface area (Å²) in [6.45, 7) is 0.472. The van der Waals surface area contributed by atoms with Gasteiger partial charge in [0.25, 0.3) is 5.91 Å². The van der Waals surface area contributed by atoms with E-state index >= 15 is 0 Å². The fourth-order valence-electron chi connectivity index (χ4n) is 2.18. The molecule has 22 heavy (non-hydrogen) atoms. The summed E-state index contributed by atoms with van der Waals surface area (Å²) in [4.78, 5) is 16.2. The van der Waals surface area contributed by atoms with Gasteiger partial charge in [-0.05, 0) is 17.7 Å². The lowest BCUT2D eigenvalue weighted by molar-refractivity contribution is -0.123. The molecule has 110 valence electrons. The zero-order valence-electron chi connectivity index (χ0n) is 12.0. The smallest absolute Gasteiger partial charge is 0.258 e. The van der Waals surface area contributed by atoms with Crippen LogP contribution in [0.3, 0.4) is 0 Å². The molecule has 1 amide bonds. The first-order valence-corrected chi connectivity index (χ1v) is 7.10. The Kier molecular flexibility index (Phi) is 4.30. The highest BCUT2D eigenvalue weighted by Crippen LogP contribution is 2.22. The Labute approximate surface area is 128 Å². The van der Waals surface area contributed by atoms with E-state index in [1.807, 2.05) is 60.7 Å². The molecule has 2 aromatic carbocycles. The van der Waals surface area contributed by atoms with Gasteiger partial charge in [-0.15, -0.1) is 0 Å². The van der Waals surface area contributed by atoms with Crippen molar-refractivity contribution < 1.29 is 9.53 Å². The van der Waals surface area contributed by atoms with Gasteiger partial charge in [0.1, 0.15) is 11.3 Å². The normalized spacial score (nSPS) is 10.4. The van der Waals surface area contributed by atoms with E-state index < -0.39 is 0 Å². The van der Waals surface area contributed by atoms with E-state index in [1.54, 1.807) is 6.20 Å². The van der Waals surface area contributed by atoms with Gasteiger partial charge < -0.3 is 10.1 Å². The minimum atomic E-state index is -0.156. The van der Waals surface area contributed by atoms with E-state index in [0.29, 0.717) is 12.3 Å². The number of hydrogen-bond acceptors (Lipinski definition) is 3. The number of pyridine rings is 1. The third kappa shape index (κ3) is 3.41. The monoisotopic (exact) mass is 292 g/mol. The molecular formula is C18H16N2O2. The fourth-order valence-corrected chi connectivity index (χ4v) is 2.18. The van der Waals surface area contributed by atoms with Crippen molar-refractivity contribution in [1.82, 2.24) is 10.3 Å². The van der Waals surface area contributed by atoms with E-state index in [4.69, 9.17) is 4.74 Å². The van der Waals surface area contributed by atoms with Crippen molar-refractivity contribution in [2.75, 3.05) is 6.61 Å². The molecule has 0 saturated carbocycles. The fraction of sp³-hybridized carbons (Fsp3) is 0.111. The highest BCUT2D eigenvalue weighted by molar-refractivity contribution is 5.85. The van der Waals surface area contributed by atoms with Crippen molar-refractivity contribution >= 4 is 16.8 Å². The maximum absolute atomic E-state index is 11.9. The average molecular weight is 292 g/mol. The Bertz CT molecular complexity index is 767. The maximum atomic E-state index is 11.9. The summed E-state index contributed by atoms with van der Waals surface area (Å²) < 4.78 is 5.59. The number of amides is 1. The summed E-state index contributed by atoms with van der Waals surface area (Å²) in [5, 5.41) is 3.82. The lowest BCUT2D eigenvalue weighted by Gasteiger charge is -2.09. The van der Waals surface area contributed by atoms with Crippen molar-refractivity contribution in [2.45, 2.75) is 6.54 Å². The second-order valence-corrected chi connectivity index (χ2v) is 4.88. The topological polar surface area (TPSA) is 51.2 Å². The van der Waals surface area contributed by atoms with Gasteiger partial charge in [0.05, 0.1) is 0 Å².